The smallest absolute Gasteiger partial charge is 0.240 e. The second kappa shape index (κ2) is 7.99. The van der Waals surface area contributed by atoms with E-state index in [1.165, 1.54) is 7.05 Å². The highest BCUT2D eigenvalue weighted by atomic mass is 32.1. The average molecular weight is 344 g/mol. The highest BCUT2D eigenvalue weighted by Gasteiger charge is 2.46. The van der Waals surface area contributed by atoms with Crippen molar-refractivity contribution in [3.63, 3.8) is 0 Å². The number of thiol groups is 1. The molecule has 0 aliphatic heterocycles. The largest absolute Gasteiger partial charge is 0.351 e. The number of rotatable bonds is 4. The number of aldehydes is 1. The van der Waals surface area contributed by atoms with Gasteiger partial charge in [0.25, 0.3) is 0 Å². The summed E-state index contributed by atoms with van der Waals surface area (Å²) in [6.45, 7) is 7.92. The first-order valence-electron chi connectivity index (χ1n) is 8.47. The van der Waals surface area contributed by atoms with Gasteiger partial charge < -0.3 is 15.8 Å². The summed E-state index contributed by atoms with van der Waals surface area (Å²) in [5.41, 5.74) is 3.59. The minimum absolute atomic E-state index is 0.0221. The summed E-state index contributed by atoms with van der Waals surface area (Å²) in [5, 5.41) is 3.21. The van der Waals surface area contributed by atoms with Gasteiger partial charge in [0.1, 0.15) is 11.8 Å². The molecular weight excluding hydrogens is 310 g/mol. The molecule has 1 amide bonds. The number of nitrogens with two attached hydrogens (primary N) is 1. The molecule has 23 heavy (non-hydrogen) atoms. The van der Waals surface area contributed by atoms with Crippen LogP contribution in [0.5, 0.6) is 0 Å². The van der Waals surface area contributed by atoms with Crippen molar-refractivity contribution < 1.29 is 9.59 Å². The Kier molecular flexibility index (Phi) is 7.11. The van der Waals surface area contributed by atoms with Crippen LogP contribution >= 0.6 is 12.8 Å². The lowest BCUT2D eigenvalue weighted by Gasteiger charge is -2.49. The molecule has 6 heteroatoms. The Morgan fingerprint density at radius 1 is 1.30 bits per heavy atom. The van der Waals surface area contributed by atoms with Crippen LogP contribution in [0.25, 0.3) is 0 Å². The highest BCUT2D eigenvalue weighted by Crippen LogP contribution is 2.49. The second-order valence-corrected chi connectivity index (χ2v) is 8.21. The van der Waals surface area contributed by atoms with Crippen molar-refractivity contribution >= 4 is 25.0 Å². The first-order valence-corrected chi connectivity index (χ1v) is 8.92. The molecule has 2 bridgehead atoms. The van der Waals surface area contributed by atoms with Crippen LogP contribution in [-0.2, 0) is 9.59 Å². The third kappa shape index (κ3) is 4.70. The zero-order chi connectivity index (χ0) is 17.8. The summed E-state index contributed by atoms with van der Waals surface area (Å²) in [7, 11) is 1.50. The third-order valence-electron chi connectivity index (χ3n) is 5.38. The van der Waals surface area contributed by atoms with Gasteiger partial charge in [0.05, 0.1) is 0 Å². The molecule has 5 nitrogen and oxygen atoms in total. The van der Waals surface area contributed by atoms with E-state index in [1.54, 1.807) is 0 Å². The average Bonchev–Trinajstić information content (AvgIpc) is 2.52. The first kappa shape index (κ1) is 20.5. The normalized spacial score (nSPS) is 36.5. The Labute approximate surface area is 146 Å². The third-order valence-corrected chi connectivity index (χ3v) is 5.93. The van der Waals surface area contributed by atoms with Crippen LogP contribution in [0.2, 0.25) is 0 Å². The van der Waals surface area contributed by atoms with E-state index in [-0.39, 0.29) is 17.4 Å². The number of nitrogens with one attached hydrogen (secondary N) is 2. The molecule has 0 radical (unpaired) electrons. The topological polar surface area (TPSA) is 84.2 Å². The molecule has 2 fully saturated rings. The quantitative estimate of drug-likeness (QED) is 0.464. The van der Waals surface area contributed by atoms with Gasteiger partial charge in [-0.15, -0.1) is 0 Å². The Hall–Kier alpha value is -0.590. The van der Waals surface area contributed by atoms with E-state index in [1.807, 2.05) is 13.8 Å². The Morgan fingerprint density at radius 2 is 1.91 bits per heavy atom. The van der Waals surface area contributed by atoms with Crippen molar-refractivity contribution in [3.8, 4) is 0 Å². The molecule has 2 aliphatic rings. The molecule has 0 aromatic rings. The van der Waals surface area contributed by atoms with E-state index in [9.17, 15) is 9.59 Å². The van der Waals surface area contributed by atoms with Gasteiger partial charge in [-0.3, -0.25) is 9.52 Å². The molecule has 4 N–H and O–H groups in total. The van der Waals surface area contributed by atoms with Crippen LogP contribution in [0.1, 0.15) is 53.4 Å². The first-order chi connectivity index (χ1) is 10.7. The Morgan fingerprint density at radius 3 is 2.43 bits per heavy atom. The predicted octanol–water partition coefficient (Wildman–Crippen LogP) is 1.92. The lowest BCUT2D eigenvalue weighted by atomic mass is 9.58. The minimum Gasteiger partial charge on any atom is -0.351 e. The second-order valence-electron chi connectivity index (χ2n) is 7.99. The van der Waals surface area contributed by atoms with E-state index < -0.39 is 5.54 Å². The molecule has 0 aromatic carbocycles. The van der Waals surface area contributed by atoms with Crippen molar-refractivity contribution in [2.24, 2.45) is 28.9 Å². The SMILES string of the molecule is CC1CC2CC(CC(C)(C=O)C2)C1NC(=O)C(C)(C)NS.CN. The summed E-state index contributed by atoms with van der Waals surface area (Å²) < 4.78 is 2.75. The summed E-state index contributed by atoms with van der Waals surface area (Å²) >= 11 is 4.04. The van der Waals surface area contributed by atoms with Crippen LogP contribution in [0.4, 0.5) is 0 Å². The lowest BCUT2D eigenvalue weighted by molar-refractivity contribution is -0.129. The molecule has 5 atom stereocenters. The molecule has 0 aromatic heterocycles. The van der Waals surface area contributed by atoms with E-state index in [4.69, 9.17) is 0 Å². The highest BCUT2D eigenvalue weighted by molar-refractivity contribution is 7.78. The van der Waals surface area contributed by atoms with E-state index in [0.717, 1.165) is 32.0 Å². The zero-order valence-electron chi connectivity index (χ0n) is 15.1. The molecular formula is C17H33N3O2S. The maximum Gasteiger partial charge on any atom is 0.240 e. The number of carbonyl (C=O) groups excluding carboxylic acids is 2. The van der Waals surface area contributed by atoms with Crippen molar-refractivity contribution in [1.29, 1.82) is 0 Å². The van der Waals surface area contributed by atoms with Crippen LogP contribution in [0.3, 0.4) is 0 Å². The van der Waals surface area contributed by atoms with Crippen LogP contribution in [0.15, 0.2) is 0 Å². The summed E-state index contributed by atoms with van der Waals surface area (Å²) in [6, 6.07) is 0.161. The lowest BCUT2D eigenvalue weighted by Crippen LogP contribution is -2.58. The fraction of sp³-hybridized carbons (Fsp3) is 0.882. The number of fused-ring (bicyclic) bond motifs is 2. The monoisotopic (exact) mass is 343 g/mol. The molecule has 2 saturated carbocycles. The van der Waals surface area contributed by atoms with Gasteiger partial charge in [-0.1, -0.05) is 26.7 Å². The van der Waals surface area contributed by atoms with Gasteiger partial charge in [-0.05, 0) is 64.3 Å². The molecule has 0 heterocycles. The Bertz CT molecular complexity index is 428. The van der Waals surface area contributed by atoms with Gasteiger partial charge in [-0.25, -0.2) is 0 Å². The van der Waals surface area contributed by atoms with Crippen molar-refractivity contribution in [3.05, 3.63) is 0 Å². The minimum atomic E-state index is -0.692. The molecule has 0 spiro atoms. The van der Waals surface area contributed by atoms with E-state index in [0.29, 0.717) is 17.8 Å². The molecule has 134 valence electrons. The number of amides is 1. The number of hydrogen-bond donors (Lipinski definition) is 4. The van der Waals surface area contributed by atoms with Gasteiger partial charge >= 0.3 is 0 Å². The van der Waals surface area contributed by atoms with Gasteiger partial charge in [0.2, 0.25) is 5.91 Å². The van der Waals surface area contributed by atoms with Crippen molar-refractivity contribution in [1.82, 2.24) is 10.0 Å². The number of carbonyl (C=O) groups is 2. The van der Waals surface area contributed by atoms with Gasteiger partial charge in [0, 0.05) is 11.5 Å². The summed E-state index contributed by atoms with van der Waals surface area (Å²) in [4.78, 5) is 23.8. The number of hydrogen-bond acceptors (Lipinski definition) is 5. The maximum absolute atomic E-state index is 12.4. The van der Waals surface area contributed by atoms with Crippen LogP contribution in [0, 0.1) is 23.2 Å². The van der Waals surface area contributed by atoms with E-state index >= 15 is 0 Å². The molecule has 5 unspecified atom stereocenters. The van der Waals surface area contributed by atoms with Crippen LogP contribution < -0.4 is 15.8 Å². The standard InChI is InChI=1S/C16H28N2O2S.CH5N/c1-10-5-11-6-12(8-16(4,7-11)9-19)13(10)17-14(20)15(2,3)18-21;1-2/h9-13,18,21H,5-8H2,1-4H3,(H,17,20);2H2,1H3. The zero-order valence-corrected chi connectivity index (χ0v) is 16.0. The van der Waals surface area contributed by atoms with Gasteiger partial charge in [0.15, 0.2) is 0 Å². The van der Waals surface area contributed by atoms with Crippen molar-refractivity contribution in [2.45, 2.75) is 65.0 Å². The Balaban J connectivity index is 0.00000127. The summed E-state index contributed by atoms with van der Waals surface area (Å²) in [5.74, 6) is 1.47. The van der Waals surface area contributed by atoms with Crippen LogP contribution in [-0.4, -0.2) is 30.8 Å². The van der Waals surface area contributed by atoms with E-state index in [2.05, 4.69) is 42.4 Å². The maximum atomic E-state index is 12.4. The molecule has 2 rings (SSSR count). The molecule has 2 aliphatic carbocycles. The van der Waals surface area contributed by atoms with Gasteiger partial charge in [-0.2, -0.15) is 0 Å². The summed E-state index contributed by atoms with van der Waals surface area (Å²) in [6.07, 6.45) is 5.24. The predicted molar refractivity (Wildman–Crippen MR) is 97.0 cm³/mol. The fourth-order valence-corrected chi connectivity index (χ4v) is 4.37. The van der Waals surface area contributed by atoms with Crippen molar-refractivity contribution in [2.75, 3.05) is 7.05 Å². The molecule has 0 saturated heterocycles. The fourth-order valence-electron chi connectivity index (χ4n) is 4.27.